The number of unbranched alkanes of at least 4 members (excludes halogenated alkanes) is 1. The first-order chi connectivity index (χ1) is 24.2. The summed E-state index contributed by atoms with van der Waals surface area (Å²) in [6, 6.07) is 29.8. The molecule has 2 aromatic heterocycles. The van der Waals surface area contributed by atoms with E-state index in [1.54, 1.807) is 54.7 Å². The summed E-state index contributed by atoms with van der Waals surface area (Å²) in [5.74, 6) is 0.00989. The van der Waals surface area contributed by atoms with Gasteiger partial charge in [0.1, 0.15) is 5.58 Å². The molecule has 0 saturated carbocycles. The molecule has 254 valence electrons. The number of fused-ring (bicyclic) bond motifs is 2. The van der Waals surface area contributed by atoms with Gasteiger partial charge in [-0.3, -0.25) is 9.69 Å². The van der Waals surface area contributed by atoms with E-state index < -0.39 is 10.0 Å². The van der Waals surface area contributed by atoms with E-state index in [1.807, 2.05) is 44.2 Å². The average Bonchev–Trinajstić information content (AvgIpc) is 3.73. The van der Waals surface area contributed by atoms with Crippen LogP contribution in [0.15, 0.2) is 107 Å². The number of furan rings is 1. The van der Waals surface area contributed by atoms with Crippen molar-refractivity contribution in [2.45, 2.75) is 38.0 Å². The second-order valence-electron chi connectivity index (χ2n) is 13.1. The van der Waals surface area contributed by atoms with Crippen LogP contribution in [0, 0.1) is 25.2 Å². The lowest BCUT2D eigenvalue weighted by molar-refractivity contribution is 0.0998. The van der Waals surface area contributed by atoms with E-state index in [4.69, 9.17) is 4.42 Å². The topological polar surface area (TPSA) is 112 Å². The molecule has 50 heavy (non-hydrogen) atoms. The number of nitrogens with one attached hydrogen (secondary N) is 1. The minimum absolute atomic E-state index is 0.241. The fraction of sp³-hybridized carbons (Fsp3) is 0.250. The number of piperazine rings is 1. The summed E-state index contributed by atoms with van der Waals surface area (Å²) in [6.45, 7) is 8.55. The zero-order valence-corrected chi connectivity index (χ0v) is 29.0. The van der Waals surface area contributed by atoms with Crippen LogP contribution in [0.4, 0.5) is 11.4 Å². The van der Waals surface area contributed by atoms with Gasteiger partial charge in [-0.1, -0.05) is 35.4 Å². The molecule has 0 radical (unpaired) electrons. The van der Waals surface area contributed by atoms with Crippen molar-refractivity contribution < 1.29 is 17.6 Å². The van der Waals surface area contributed by atoms with Gasteiger partial charge in [-0.2, -0.15) is 5.26 Å². The average molecular weight is 686 g/mol. The van der Waals surface area contributed by atoms with E-state index in [-0.39, 0.29) is 16.6 Å². The van der Waals surface area contributed by atoms with Crippen LogP contribution in [-0.2, 0) is 16.4 Å². The number of nitrogens with zero attached hydrogens (tertiary/aromatic N) is 4. The van der Waals surface area contributed by atoms with Gasteiger partial charge in [-0.05, 0) is 112 Å². The van der Waals surface area contributed by atoms with Crippen molar-refractivity contribution in [3.05, 3.63) is 125 Å². The first kappa shape index (κ1) is 33.1. The Balaban J connectivity index is 0.947. The summed E-state index contributed by atoms with van der Waals surface area (Å²) < 4.78 is 34.5. The third kappa shape index (κ3) is 6.88. The molecule has 10 heteroatoms. The number of benzene rings is 4. The van der Waals surface area contributed by atoms with Gasteiger partial charge in [0.25, 0.3) is 15.9 Å². The van der Waals surface area contributed by atoms with E-state index in [0.717, 1.165) is 90.8 Å². The standard InChI is InChI=1S/C40H39N5O4S/c1-28-6-11-33(12-7-28)42-40(46)39-25-32-24-34(13-17-38(32)49-39)44-21-19-43(20-22-44)18-4-3-5-31-27-45(37-16-10-30(26-41)23-36(31)37)50(47,48)35-14-8-29(2)9-15-35/h6-17,23-25,27H,3-5,18-22H2,1-2H3,(H,42,46). The fourth-order valence-electron chi connectivity index (χ4n) is 6.61. The number of aryl methyl sites for hydroxylation is 3. The predicted molar refractivity (Wildman–Crippen MR) is 197 cm³/mol. The molecule has 1 saturated heterocycles. The number of carbonyl (C=O) groups excluding carboxylic acids is 1. The molecule has 4 aromatic carbocycles. The van der Waals surface area contributed by atoms with Crippen LogP contribution in [0.3, 0.4) is 0 Å². The second-order valence-corrected chi connectivity index (χ2v) is 14.9. The monoisotopic (exact) mass is 685 g/mol. The van der Waals surface area contributed by atoms with E-state index in [2.05, 4.69) is 33.3 Å². The van der Waals surface area contributed by atoms with Gasteiger partial charge in [-0.25, -0.2) is 12.4 Å². The number of anilines is 2. The fourth-order valence-corrected chi connectivity index (χ4v) is 8.00. The molecule has 0 spiro atoms. The number of hydrogen-bond acceptors (Lipinski definition) is 7. The number of aromatic nitrogens is 1. The molecule has 7 rings (SSSR count). The minimum Gasteiger partial charge on any atom is -0.451 e. The highest BCUT2D eigenvalue weighted by molar-refractivity contribution is 7.90. The highest BCUT2D eigenvalue weighted by Gasteiger charge is 2.22. The number of amides is 1. The third-order valence-corrected chi connectivity index (χ3v) is 11.2. The van der Waals surface area contributed by atoms with Crippen molar-refractivity contribution in [2.75, 3.05) is 42.9 Å². The molecule has 0 unspecified atom stereocenters. The lowest BCUT2D eigenvalue weighted by Gasteiger charge is -2.36. The van der Waals surface area contributed by atoms with Crippen molar-refractivity contribution in [2.24, 2.45) is 0 Å². The summed E-state index contributed by atoms with van der Waals surface area (Å²) in [4.78, 5) is 17.9. The van der Waals surface area contributed by atoms with Crippen molar-refractivity contribution in [3.63, 3.8) is 0 Å². The maximum Gasteiger partial charge on any atom is 0.291 e. The summed E-state index contributed by atoms with van der Waals surface area (Å²) in [5, 5.41) is 14.1. The highest BCUT2D eigenvalue weighted by atomic mass is 32.2. The minimum atomic E-state index is -3.79. The molecule has 1 amide bonds. The molecule has 0 aliphatic carbocycles. The van der Waals surface area contributed by atoms with Crippen LogP contribution in [0.2, 0.25) is 0 Å². The largest absolute Gasteiger partial charge is 0.451 e. The molecular formula is C40H39N5O4S. The molecule has 6 aromatic rings. The molecule has 1 aliphatic rings. The molecular weight excluding hydrogens is 647 g/mol. The normalized spacial score (nSPS) is 13.9. The SMILES string of the molecule is Cc1ccc(NC(=O)c2cc3cc(N4CCN(CCCCc5cn(S(=O)(=O)c6ccc(C)cc6)c6ccc(C#N)cc56)CC4)ccc3o2)cc1. The smallest absolute Gasteiger partial charge is 0.291 e. The van der Waals surface area contributed by atoms with Crippen LogP contribution >= 0.6 is 0 Å². The molecule has 1 aliphatic heterocycles. The lowest BCUT2D eigenvalue weighted by Crippen LogP contribution is -2.46. The van der Waals surface area contributed by atoms with Gasteiger partial charge >= 0.3 is 0 Å². The molecule has 0 bridgehead atoms. The summed E-state index contributed by atoms with van der Waals surface area (Å²) in [5.41, 5.74) is 6.67. The van der Waals surface area contributed by atoms with E-state index >= 15 is 0 Å². The van der Waals surface area contributed by atoms with Crippen molar-refractivity contribution >= 4 is 49.2 Å². The van der Waals surface area contributed by atoms with Gasteiger partial charge in [0, 0.05) is 54.5 Å². The Hall–Kier alpha value is -5.37. The molecule has 9 nitrogen and oxygen atoms in total. The maximum absolute atomic E-state index is 13.6. The number of rotatable bonds is 10. The van der Waals surface area contributed by atoms with Crippen molar-refractivity contribution in [1.82, 2.24) is 8.87 Å². The van der Waals surface area contributed by atoms with Gasteiger partial charge < -0.3 is 14.6 Å². The molecule has 1 N–H and O–H groups in total. The Bertz CT molecular complexity index is 2330. The zero-order valence-electron chi connectivity index (χ0n) is 28.2. The van der Waals surface area contributed by atoms with E-state index in [0.29, 0.717) is 16.7 Å². The van der Waals surface area contributed by atoms with Crippen LogP contribution < -0.4 is 10.2 Å². The summed E-state index contributed by atoms with van der Waals surface area (Å²) in [7, 11) is -3.79. The van der Waals surface area contributed by atoms with Crippen LogP contribution in [0.1, 0.15) is 45.7 Å². The van der Waals surface area contributed by atoms with Crippen molar-refractivity contribution in [1.29, 1.82) is 5.26 Å². The third-order valence-electron chi connectivity index (χ3n) is 9.50. The molecule has 1 fully saturated rings. The second kappa shape index (κ2) is 13.9. The first-order valence-electron chi connectivity index (χ1n) is 16.9. The maximum atomic E-state index is 13.6. The summed E-state index contributed by atoms with van der Waals surface area (Å²) in [6.07, 6.45) is 4.33. The quantitative estimate of drug-likeness (QED) is 0.149. The molecule has 0 atom stereocenters. The van der Waals surface area contributed by atoms with Crippen LogP contribution in [0.25, 0.3) is 21.9 Å². The summed E-state index contributed by atoms with van der Waals surface area (Å²) >= 11 is 0. The van der Waals surface area contributed by atoms with E-state index in [1.165, 1.54) is 3.97 Å². The Morgan fingerprint density at radius 2 is 1.58 bits per heavy atom. The number of carbonyl (C=O) groups is 1. The molecule has 3 heterocycles. The van der Waals surface area contributed by atoms with Gasteiger partial charge in [0.15, 0.2) is 5.76 Å². The first-order valence-corrected chi connectivity index (χ1v) is 18.4. The lowest BCUT2D eigenvalue weighted by atomic mass is 10.1. The Morgan fingerprint density at radius 1 is 0.860 bits per heavy atom. The van der Waals surface area contributed by atoms with Gasteiger partial charge in [0.05, 0.1) is 22.0 Å². The van der Waals surface area contributed by atoms with Crippen LogP contribution in [-0.4, -0.2) is 55.9 Å². The van der Waals surface area contributed by atoms with Crippen LogP contribution in [0.5, 0.6) is 0 Å². The van der Waals surface area contributed by atoms with Crippen molar-refractivity contribution in [3.8, 4) is 6.07 Å². The van der Waals surface area contributed by atoms with E-state index in [9.17, 15) is 18.5 Å². The van der Waals surface area contributed by atoms with Gasteiger partial charge in [-0.15, -0.1) is 0 Å². The Labute approximate surface area is 292 Å². The predicted octanol–water partition coefficient (Wildman–Crippen LogP) is 7.51. The Kier molecular flexibility index (Phi) is 9.19. The number of nitriles is 1. The Morgan fingerprint density at radius 3 is 2.30 bits per heavy atom. The highest BCUT2D eigenvalue weighted by Crippen LogP contribution is 2.29. The zero-order chi connectivity index (χ0) is 34.8. The number of hydrogen-bond donors (Lipinski definition) is 1. The van der Waals surface area contributed by atoms with Gasteiger partial charge in [0.2, 0.25) is 0 Å².